The number of aromatic nitrogens is 2. The third-order valence-corrected chi connectivity index (χ3v) is 1.82. The molecule has 1 rings (SSSR count). The first-order valence-corrected chi connectivity index (χ1v) is 4.58. The first kappa shape index (κ1) is 11.9. The molecule has 84 valence electrons. The zero-order valence-corrected chi connectivity index (χ0v) is 8.09. The maximum Gasteiger partial charge on any atom is 0.389 e. The SMILES string of the molecule is NCCc1cnc(CCC(F)(F)F)nc1. The minimum absolute atomic E-state index is 0.174. The Balaban J connectivity index is 2.50. The topological polar surface area (TPSA) is 51.8 Å². The van der Waals surface area contributed by atoms with Crippen LogP contribution in [0.5, 0.6) is 0 Å². The van der Waals surface area contributed by atoms with E-state index in [1.807, 2.05) is 0 Å². The van der Waals surface area contributed by atoms with E-state index >= 15 is 0 Å². The second kappa shape index (κ2) is 5.06. The van der Waals surface area contributed by atoms with Gasteiger partial charge in [-0.05, 0) is 18.5 Å². The van der Waals surface area contributed by atoms with E-state index in [4.69, 9.17) is 5.73 Å². The molecule has 0 unspecified atom stereocenters. The molecule has 0 saturated heterocycles. The van der Waals surface area contributed by atoms with Gasteiger partial charge in [0.05, 0.1) is 6.42 Å². The van der Waals surface area contributed by atoms with Crippen molar-refractivity contribution in [2.45, 2.75) is 25.4 Å². The molecule has 1 aromatic rings. The summed E-state index contributed by atoms with van der Waals surface area (Å²) in [5.41, 5.74) is 6.15. The maximum atomic E-state index is 11.9. The number of nitrogens with zero attached hydrogens (tertiary/aromatic N) is 2. The van der Waals surface area contributed by atoms with Crippen LogP contribution in [0.15, 0.2) is 12.4 Å². The van der Waals surface area contributed by atoms with E-state index in [0.717, 1.165) is 5.56 Å². The van der Waals surface area contributed by atoms with Gasteiger partial charge in [0, 0.05) is 18.8 Å². The van der Waals surface area contributed by atoms with Gasteiger partial charge in [-0.1, -0.05) is 0 Å². The van der Waals surface area contributed by atoms with Crippen molar-refractivity contribution >= 4 is 0 Å². The normalized spacial score (nSPS) is 11.7. The zero-order valence-electron chi connectivity index (χ0n) is 8.09. The summed E-state index contributed by atoms with van der Waals surface area (Å²) < 4.78 is 35.6. The van der Waals surface area contributed by atoms with Gasteiger partial charge < -0.3 is 5.73 Å². The van der Waals surface area contributed by atoms with Crippen LogP contribution in [0.25, 0.3) is 0 Å². The Bertz CT molecular complexity index is 294. The van der Waals surface area contributed by atoms with E-state index in [-0.39, 0.29) is 12.2 Å². The van der Waals surface area contributed by atoms with Crippen molar-refractivity contribution in [3.63, 3.8) is 0 Å². The molecule has 1 aromatic heterocycles. The highest BCUT2D eigenvalue weighted by Crippen LogP contribution is 2.20. The van der Waals surface area contributed by atoms with Gasteiger partial charge in [0.2, 0.25) is 0 Å². The van der Waals surface area contributed by atoms with Gasteiger partial charge in [-0.15, -0.1) is 0 Å². The van der Waals surface area contributed by atoms with Gasteiger partial charge in [0.1, 0.15) is 5.82 Å². The van der Waals surface area contributed by atoms with Gasteiger partial charge in [-0.2, -0.15) is 13.2 Å². The van der Waals surface area contributed by atoms with Crippen molar-refractivity contribution in [2.75, 3.05) is 6.54 Å². The van der Waals surface area contributed by atoms with Gasteiger partial charge in [-0.25, -0.2) is 9.97 Å². The van der Waals surface area contributed by atoms with Gasteiger partial charge in [0.15, 0.2) is 0 Å². The molecule has 0 spiro atoms. The van der Waals surface area contributed by atoms with Crippen molar-refractivity contribution in [3.8, 4) is 0 Å². The average Bonchev–Trinajstić information content (AvgIpc) is 2.16. The third-order valence-electron chi connectivity index (χ3n) is 1.82. The largest absolute Gasteiger partial charge is 0.389 e. The molecule has 0 aliphatic carbocycles. The van der Waals surface area contributed by atoms with Crippen LogP contribution in [-0.4, -0.2) is 22.7 Å². The predicted octanol–water partition coefficient (Wildman–Crippen LogP) is 1.47. The third kappa shape index (κ3) is 4.73. The Kier molecular flexibility index (Phi) is 4.02. The smallest absolute Gasteiger partial charge is 0.330 e. The molecule has 0 aliphatic heterocycles. The Morgan fingerprint density at radius 1 is 1.13 bits per heavy atom. The lowest BCUT2D eigenvalue weighted by molar-refractivity contribution is -0.134. The lowest BCUT2D eigenvalue weighted by atomic mass is 10.2. The van der Waals surface area contributed by atoms with E-state index in [0.29, 0.717) is 13.0 Å². The lowest BCUT2D eigenvalue weighted by Gasteiger charge is -2.05. The van der Waals surface area contributed by atoms with Gasteiger partial charge >= 0.3 is 6.18 Å². The summed E-state index contributed by atoms with van der Waals surface area (Å²) in [5, 5.41) is 0. The molecule has 0 aromatic carbocycles. The van der Waals surface area contributed by atoms with Crippen LogP contribution in [0.1, 0.15) is 17.8 Å². The highest BCUT2D eigenvalue weighted by molar-refractivity contribution is 5.05. The molecule has 2 N–H and O–H groups in total. The van der Waals surface area contributed by atoms with Crippen LogP contribution >= 0.6 is 0 Å². The molecule has 0 radical (unpaired) electrons. The first-order chi connectivity index (χ1) is 7.01. The predicted molar refractivity (Wildman–Crippen MR) is 49.2 cm³/mol. The zero-order chi connectivity index (χ0) is 11.3. The second-order valence-corrected chi connectivity index (χ2v) is 3.16. The summed E-state index contributed by atoms with van der Waals surface area (Å²) in [6, 6.07) is 0. The quantitative estimate of drug-likeness (QED) is 0.834. The van der Waals surface area contributed by atoms with Crippen LogP contribution in [0.3, 0.4) is 0 Å². The van der Waals surface area contributed by atoms with Crippen molar-refractivity contribution < 1.29 is 13.2 Å². The summed E-state index contributed by atoms with van der Waals surface area (Å²) >= 11 is 0. The van der Waals surface area contributed by atoms with E-state index in [2.05, 4.69) is 9.97 Å². The van der Waals surface area contributed by atoms with Crippen LogP contribution in [-0.2, 0) is 12.8 Å². The van der Waals surface area contributed by atoms with E-state index < -0.39 is 12.6 Å². The lowest BCUT2D eigenvalue weighted by Crippen LogP contribution is -2.10. The van der Waals surface area contributed by atoms with Crippen molar-refractivity contribution in [1.29, 1.82) is 0 Å². The number of alkyl halides is 3. The monoisotopic (exact) mass is 219 g/mol. The Hall–Kier alpha value is -1.17. The Morgan fingerprint density at radius 2 is 1.73 bits per heavy atom. The molecular weight excluding hydrogens is 207 g/mol. The Morgan fingerprint density at radius 3 is 2.20 bits per heavy atom. The number of aryl methyl sites for hydroxylation is 1. The molecule has 0 saturated carbocycles. The maximum absolute atomic E-state index is 11.9. The highest BCUT2D eigenvalue weighted by atomic mass is 19.4. The number of nitrogens with two attached hydrogens (primary N) is 1. The molecular formula is C9H12F3N3. The fourth-order valence-corrected chi connectivity index (χ4v) is 1.06. The fraction of sp³-hybridized carbons (Fsp3) is 0.556. The summed E-state index contributed by atoms with van der Waals surface area (Å²) in [6.45, 7) is 0.477. The molecule has 0 aliphatic rings. The van der Waals surface area contributed by atoms with Crippen molar-refractivity contribution in [3.05, 3.63) is 23.8 Å². The number of rotatable bonds is 4. The number of hydrogen-bond acceptors (Lipinski definition) is 3. The molecule has 0 fully saturated rings. The molecule has 0 amide bonds. The second-order valence-electron chi connectivity index (χ2n) is 3.16. The first-order valence-electron chi connectivity index (χ1n) is 4.58. The number of hydrogen-bond donors (Lipinski definition) is 1. The standard InChI is InChI=1S/C9H12F3N3/c10-9(11,12)3-1-8-14-5-7(2-4-13)6-15-8/h5-6H,1-4,13H2. The molecule has 15 heavy (non-hydrogen) atoms. The van der Waals surface area contributed by atoms with Crippen LogP contribution in [0, 0.1) is 0 Å². The van der Waals surface area contributed by atoms with Gasteiger partial charge in [-0.3, -0.25) is 0 Å². The molecule has 0 bridgehead atoms. The summed E-state index contributed by atoms with van der Waals surface area (Å²) in [6.07, 6.45) is -1.54. The van der Waals surface area contributed by atoms with Crippen LogP contribution in [0.4, 0.5) is 13.2 Å². The summed E-state index contributed by atoms with van der Waals surface area (Å²) in [5.74, 6) is 0.216. The minimum atomic E-state index is -4.15. The van der Waals surface area contributed by atoms with E-state index in [1.165, 1.54) is 12.4 Å². The van der Waals surface area contributed by atoms with Crippen molar-refractivity contribution in [1.82, 2.24) is 9.97 Å². The van der Waals surface area contributed by atoms with Crippen LogP contribution in [0.2, 0.25) is 0 Å². The highest BCUT2D eigenvalue weighted by Gasteiger charge is 2.26. The minimum Gasteiger partial charge on any atom is -0.330 e. The summed E-state index contributed by atoms with van der Waals surface area (Å²) in [4.78, 5) is 7.67. The van der Waals surface area contributed by atoms with E-state index in [1.54, 1.807) is 0 Å². The van der Waals surface area contributed by atoms with Gasteiger partial charge in [0.25, 0.3) is 0 Å². The Labute approximate surface area is 85.5 Å². The average molecular weight is 219 g/mol. The molecule has 0 atom stereocenters. The molecule has 3 nitrogen and oxygen atoms in total. The van der Waals surface area contributed by atoms with E-state index in [9.17, 15) is 13.2 Å². The summed E-state index contributed by atoms with van der Waals surface area (Å²) in [7, 11) is 0. The van der Waals surface area contributed by atoms with Crippen LogP contribution < -0.4 is 5.73 Å². The molecule has 6 heteroatoms. The molecule has 1 heterocycles. The number of halogens is 3. The fourth-order valence-electron chi connectivity index (χ4n) is 1.06. The van der Waals surface area contributed by atoms with Crippen molar-refractivity contribution in [2.24, 2.45) is 5.73 Å².